The summed E-state index contributed by atoms with van der Waals surface area (Å²) < 4.78 is 85.3. The zero-order chi connectivity index (χ0) is 28.4. The number of hydrogen-bond acceptors (Lipinski definition) is 3. The van der Waals surface area contributed by atoms with E-state index < -0.39 is 41.7 Å². The average molecular weight is 541 g/mol. The van der Waals surface area contributed by atoms with Crippen molar-refractivity contribution in [1.29, 1.82) is 0 Å². The lowest BCUT2D eigenvalue weighted by Crippen LogP contribution is -2.29. The second kappa shape index (κ2) is 10.8. The number of nitrogen functional groups attached to an aromatic ring is 1. The van der Waals surface area contributed by atoms with Crippen molar-refractivity contribution in [3.63, 3.8) is 0 Å². The zero-order valence-corrected chi connectivity index (χ0v) is 20.7. The number of nitrogens with zero attached hydrogens (tertiary/aromatic N) is 1. The number of ether oxygens (including phenoxy) is 1. The van der Waals surface area contributed by atoms with Crippen LogP contribution in [-0.2, 0) is 25.4 Å². The number of nitrogens with two attached hydrogens (primary N) is 1. The molecule has 0 atom stereocenters. The van der Waals surface area contributed by atoms with Gasteiger partial charge in [0.05, 0.1) is 24.8 Å². The molecule has 0 aliphatic rings. The van der Waals surface area contributed by atoms with Crippen LogP contribution in [0, 0.1) is 0 Å². The van der Waals surface area contributed by atoms with Crippen LogP contribution in [0.4, 0.5) is 36.8 Å². The number of rotatable bonds is 7. The first-order chi connectivity index (χ1) is 17.6. The van der Waals surface area contributed by atoms with E-state index in [2.05, 4.69) is 0 Å². The van der Waals surface area contributed by atoms with E-state index in [1.165, 1.54) is 13.2 Å². The van der Waals surface area contributed by atoms with E-state index in [-0.39, 0.29) is 18.5 Å². The van der Waals surface area contributed by atoms with Gasteiger partial charge >= 0.3 is 18.4 Å². The van der Waals surface area contributed by atoms with E-state index in [1.54, 1.807) is 18.2 Å². The summed E-state index contributed by atoms with van der Waals surface area (Å²) in [5.74, 6) is 0.658. The molecule has 3 aromatic carbocycles. The fraction of sp³-hybridized carbons (Fsp3) is 0.296. The largest absolute Gasteiger partial charge is 0.496 e. The predicted molar refractivity (Wildman–Crippen MR) is 131 cm³/mol. The number of hydrogen-bond donors (Lipinski definition) is 2. The van der Waals surface area contributed by atoms with Crippen molar-refractivity contribution < 1.29 is 41.0 Å². The molecule has 0 aliphatic heterocycles. The number of alkyl halides is 6. The van der Waals surface area contributed by atoms with Gasteiger partial charge in [-0.1, -0.05) is 26.0 Å². The Bertz CT molecular complexity index is 1290. The normalized spacial score (nSPS) is 12.1. The summed E-state index contributed by atoms with van der Waals surface area (Å²) in [6, 6.07) is 11.3. The van der Waals surface area contributed by atoms with Gasteiger partial charge < -0.3 is 15.6 Å². The molecule has 0 bridgehead atoms. The van der Waals surface area contributed by atoms with Crippen molar-refractivity contribution in [2.45, 2.75) is 45.2 Å². The molecule has 0 heterocycles. The van der Waals surface area contributed by atoms with Gasteiger partial charge in [0, 0.05) is 17.8 Å². The molecule has 0 saturated heterocycles. The Labute approximate surface area is 215 Å². The Morgan fingerprint density at radius 3 is 2.00 bits per heavy atom. The summed E-state index contributed by atoms with van der Waals surface area (Å²) in [6.45, 7) is 2.90. The van der Waals surface area contributed by atoms with Crippen LogP contribution in [0.5, 0.6) is 5.75 Å². The Balaban J connectivity index is 2.08. The molecule has 0 fully saturated rings. The maximum Gasteiger partial charge on any atom is 0.416 e. The molecule has 11 heteroatoms. The van der Waals surface area contributed by atoms with Gasteiger partial charge in [-0.2, -0.15) is 26.3 Å². The first-order valence-corrected chi connectivity index (χ1v) is 11.4. The van der Waals surface area contributed by atoms with Crippen LogP contribution in [0.2, 0.25) is 0 Å². The van der Waals surface area contributed by atoms with Gasteiger partial charge in [-0.05, 0) is 70.6 Å². The third-order valence-electron chi connectivity index (χ3n) is 5.96. The average Bonchev–Trinajstić information content (AvgIpc) is 2.82. The molecule has 0 spiro atoms. The topological polar surface area (TPSA) is 75.8 Å². The lowest BCUT2D eigenvalue weighted by Gasteiger charge is -2.23. The summed E-state index contributed by atoms with van der Waals surface area (Å²) in [5.41, 5.74) is 5.31. The van der Waals surface area contributed by atoms with Gasteiger partial charge in [-0.25, -0.2) is 4.79 Å². The quantitative estimate of drug-likeness (QED) is 0.237. The first-order valence-electron chi connectivity index (χ1n) is 11.4. The lowest BCUT2D eigenvalue weighted by atomic mass is 9.93. The molecule has 0 aromatic heterocycles. The summed E-state index contributed by atoms with van der Waals surface area (Å²) in [5, 5.41) is 9.83. The molecular weight excluding hydrogens is 514 g/mol. The van der Waals surface area contributed by atoms with Crippen LogP contribution in [0.25, 0.3) is 11.1 Å². The smallest absolute Gasteiger partial charge is 0.416 e. The van der Waals surface area contributed by atoms with Crippen molar-refractivity contribution in [2.24, 2.45) is 0 Å². The number of halogens is 6. The summed E-state index contributed by atoms with van der Waals surface area (Å²) >= 11 is 0. The lowest BCUT2D eigenvalue weighted by molar-refractivity contribution is -0.143. The highest BCUT2D eigenvalue weighted by molar-refractivity contribution is 5.76. The van der Waals surface area contributed by atoms with Crippen LogP contribution in [-0.4, -0.2) is 23.2 Å². The molecule has 3 N–H and O–H groups in total. The van der Waals surface area contributed by atoms with Crippen molar-refractivity contribution in [3.8, 4) is 16.9 Å². The number of benzene rings is 3. The van der Waals surface area contributed by atoms with E-state index in [1.807, 2.05) is 26.0 Å². The molecule has 0 unspecified atom stereocenters. The highest BCUT2D eigenvalue weighted by Gasteiger charge is 2.37. The molecule has 204 valence electrons. The molecule has 0 saturated carbocycles. The Morgan fingerprint density at radius 1 is 0.895 bits per heavy atom. The van der Waals surface area contributed by atoms with E-state index >= 15 is 0 Å². The highest BCUT2D eigenvalue weighted by atomic mass is 19.4. The van der Waals surface area contributed by atoms with Crippen molar-refractivity contribution in [2.75, 3.05) is 12.8 Å². The molecular formula is C27H26F6N2O3. The van der Waals surface area contributed by atoms with E-state index in [0.29, 0.717) is 40.3 Å². The minimum atomic E-state index is -5.05. The van der Waals surface area contributed by atoms with Crippen molar-refractivity contribution in [3.05, 3.63) is 82.4 Å². The minimum Gasteiger partial charge on any atom is -0.496 e. The molecule has 1 amide bonds. The second-order valence-electron chi connectivity index (χ2n) is 9.08. The van der Waals surface area contributed by atoms with Gasteiger partial charge in [0.1, 0.15) is 5.75 Å². The predicted octanol–water partition coefficient (Wildman–Crippen LogP) is 7.79. The van der Waals surface area contributed by atoms with Gasteiger partial charge in [-0.3, -0.25) is 4.90 Å². The molecule has 0 radical (unpaired) electrons. The molecule has 5 nitrogen and oxygen atoms in total. The SMILES string of the molecule is COc1ccc(C(C)C)cc1-c1ccc(N)cc1CN(Cc1cc(C(F)(F)F)cc(C(F)(F)F)c1)C(=O)O. The summed E-state index contributed by atoms with van der Waals surface area (Å²) in [7, 11) is 1.47. The summed E-state index contributed by atoms with van der Waals surface area (Å²) in [6.07, 6.45) is -11.6. The minimum absolute atomic E-state index is 0.00139. The fourth-order valence-corrected chi connectivity index (χ4v) is 4.03. The molecule has 3 rings (SSSR count). The van der Waals surface area contributed by atoms with Crippen LogP contribution in [0.15, 0.2) is 54.6 Å². The number of methoxy groups -OCH3 is 1. The van der Waals surface area contributed by atoms with E-state index in [9.17, 15) is 36.2 Å². The van der Waals surface area contributed by atoms with Crippen LogP contribution in [0.3, 0.4) is 0 Å². The number of carbonyl (C=O) groups is 1. The maximum atomic E-state index is 13.3. The summed E-state index contributed by atoms with van der Waals surface area (Å²) in [4.78, 5) is 12.8. The molecule has 38 heavy (non-hydrogen) atoms. The van der Waals surface area contributed by atoms with Crippen molar-refractivity contribution >= 4 is 11.8 Å². The maximum absolute atomic E-state index is 13.3. The van der Waals surface area contributed by atoms with E-state index in [0.717, 1.165) is 10.5 Å². The highest BCUT2D eigenvalue weighted by Crippen LogP contribution is 2.38. The van der Waals surface area contributed by atoms with Crippen molar-refractivity contribution in [1.82, 2.24) is 4.90 Å². The molecule has 0 aliphatic carbocycles. The Morgan fingerprint density at radius 2 is 1.50 bits per heavy atom. The van der Waals surface area contributed by atoms with E-state index in [4.69, 9.17) is 10.5 Å². The monoisotopic (exact) mass is 540 g/mol. The second-order valence-corrected chi connectivity index (χ2v) is 9.08. The van der Waals surface area contributed by atoms with Gasteiger partial charge in [-0.15, -0.1) is 0 Å². The fourth-order valence-electron chi connectivity index (χ4n) is 4.03. The Hall–Kier alpha value is -3.89. The number of carboxylic acid groups (broad SMARTS) is 1. The third kappa shape index (κ3) is 6.70. The molecule has 3 aromatic rings. The van der Waals surface area contributed by atoms with Crippen LogP contribution >= 0.6 is 0 Å². The van der Waals surface area contributed by atoms with Crippen LogP contribution < -0.4 is 10.5 Å². The Kier molecular flexibility index (Phi) is 8.18. The van der Waals surface area contributed by atoms with Gasteiger partial charge in [0.25, 0.3) is 0 Å². The zero-order valence-electron chi connectivity index (χ0n) is 20.7. The number of amides is 1. The van der Waals surface area contributed by atoms with Gasteiger partial charge in [0.2, 0.25) is 0 Å². The van der Waals surface area contributed by atoms with Crippen LogP contribution in [0.1, 0.15) is 47.6 Å². The van der Waals surface area contributed by atoms with Gasteiger partial charge in [0.15, 0.2) is 0 Å². The number of anilines is 1. The first kappa shape index (κ1) is 28.7. The standard InChI is InChI=1S/C27H26F6N2O3/c1-15(2)17-4-7-24(38-3)23(11-17)22-6-5-21(34)10-18(22)14-35(25(36)37)13-16-8-19(26(28,29)30)12-20(9-16)27(31,32)33/h4-12,15H,13-14,34H2,1-3H3,(H,36,37). The third-order valence-corrected chi connectivity index (χ3v) is 5.96.